The van der Waals surface area contributed by atoms with Crippen molar-refractivity contribution >= 4 is 15.8 Å². The second-order valence-electron chi connectivity index (χ2n) is 5.75. The monoisotopic (exact) mass is 372 g/mol. The highest BCUT2D eigenvalue weighted by Gasteiger charge is 2.18. The minimum absolute atomic E-state index is 0.0788. The second kappa shape index (κ2) is 9.69. The zero-order chi connectivity index (χ0) is 18.1. The van der Waals surface area contributed by atoms with E-state index in [1.807, 2.05) is 0 Å². The molecular formula is C16H25FN4O3S. The summed E-state index contributed by atoms with van der Waals surface area (Å²) < 4.78 is 43.0. The van der Waals surface area contributed by atoms with Crippen LogP contribution in [0.4, 0.5) is 4.39 Å². The van der Waals surface area contributed by atoms with Crippen LogP contribution in [-0.4, -0.2) is 71.0 Å². The lowest BCUT2D eigenvalue weighted by atomic mass is 10.3. The summed E-state index contributed by atoms with van der Waals surface area (Å²) in [6.45, 7) is 4.98. The van der Waals surface area contributed by atoms with Gasteiger partial charge in [0.05, 0.1) is 19.0 Å². The molecule has 0 spiro atoms. The number of benzene rings is 1. The lowest BCUT2D eigenvalue weighted by Crippen LogP contribution is -2.37. The third kappa shape index (κ3) is 6.60. The van der Waals surface area contributed by atoms with Crippen LogP contribution in [0.15, 0.2) is 34.2 Å². The molecule has 0 bridgehead atoms. The number of morpholine rings is 1. The number of aliphatic imine (C=N–C) groups is 1. The number of halogens is 1. The third-order valence-corrected chi connectivity index (χ3v) is 5.61. The molecule has 1 fully saturated rings. The van der Waals surface area contributed by atoms with Gasteiger partial charge in [0.25, 0.3) is 0 Å². The third-order valence-electron chi connectivity index (χ3n) is 3.87. The Morgan fingerprint density at radius 1 is 1.32 bits per heavy atom. The quantitative estimate of drug-likeness (QED) is 0.385. The number of sulfone groups is 1. The maximum Gasteiger partial charge on any atom is 0.188 e. The summed E-state index contributed by atoms with van der Waals surface area (Å²) in [4.78, 5) is 6.19. The number of ether oxygens (including phenoxy) is 1. The minimum atomic E-state index is -3.69. The molecule has 0 saturated carbocycles. The molecule has 7 nitrogen and oxygen atoms in total. The van der Waals surface area contributed by atoms with E-state index in [2.05, 4.69) is 15.2 Å². The number of rotatable bonds is 8. The van der Waals surface area contributed by atoms with Gasteiger partial charge in [0.15, 0.2) is 15.8 Å². The minimum Gasteiger partial charge on any atom is -0.379 e. The highest BCUT2D eigenvalue weighted by Crippen LogP contribution is 2.14. The van der Waals surface area contributed by atoms with Gasteiger partial charge in [-0.3, -0.25) is 9.89 Å². The average Bonchev–Trinajstić information content (AvgIpc) is 2.60. The van der Waals surface area contributed by atoms with Crippen LogP contribution in [0.5, 0.6) is 0 Å². The Bertz CT molecular complexity index is 676. The molecular weight excluding hydrogens is 347 g/mol. The maximum absolute atomic E-state index is 13.6. The molecule has 0 unspecified atom stereocenters. The van der Waals surface area contributed by atoms with E-state index in [4.69, 9.17) is 10.5 Å². The molecule has 9 heteroatoms. The van der Waals surface area contributed by atoms with Crippen LogP contribution >= 0.6 is 0 Å². The summed E-state index contributed by atoms with van der Waals surface area (Å²) in [6, 6.07) is 5.33. The second-order valence-corrected chi connectivity index (χ2v) is 7.83. The summed E-state index contributed by atoms with van der Waals surface area (Å²) in [5, 5.41) is 2.76. The first-order valence-electron chi connectivity index (χ1n) is 8.30. The van der Waals surface area contributed by atoms with Crippen LogP contribution in [0.1, 0.15) is 6.42 Å². The fraction of sp³-hybridized carbons (Fsp3) is 0.562. The smallest absolute Gasteiger partial charge is 0.188 e. The SMILES string of the molecule is NC(=NCCCN1CCOCC1)NCCS(=O)(=O)c1ccccc1F. The predicted molar refractivity (Wildman–Crippen MR) is 94.8 cm³/mol. The van der Waals surface area contributed by atoms with E-state index in [0.29, 0.717) is 6.54 Å². The van der Waals surface area contributed by atoms with Gasteiger partial charge in [-0.05, 0) is 18.6 Å². The molecule has 0 atom stereocenters. The molecule has 1 aliphatic rings. The first-order valence-corrected chi connectivity index (χ1v) is 9.95. The van der Waals surface area contributed by atoms with E-state index in [1.54, 1.807) is 0 Å². The average molecular weight is 372 g/mol. The number of nitrogens with zero attached hydrogens (tertiary/aromatic N) is 2. The number of nitrogens with one attached hydrogen (secondary N) is 1. The van der Waals surface area contributed by atoms with E-state index < -0.39 is 15.7 Å². The molecule has 140 valence electrons. The van der Waals surface area contributed by atoms with Crippen LogP contribution in [0.2, 0.25) is 0 Å². The molecule has 1 aromatic carbocycles. The Morgan fingerprint density at radius 2 is 2.04 bits per heavy atom. The number of hydrogen-bond donors (Lipinski definition) is 2. The standard InChI is InChI=1S/C16H25FN4O3S/c17-14-4-1-2-5-15(14)25(22,23)13-7-20-16(18)19-6-3-8-21-9-11-24-12-10-21/h1-2,4-5H,3,6-13H2,(H3,18,19,20). The normalized spacial score (nSPS) is 16.8. The fourth-order valence-corrected chi connectivity index (χ4v) is 3.74. The zero-order valence-corrected chi connectivity index (χ0v) is 15.0. The Hall–Kier alpha value is -1.71. The Balaban J connectivity index is 1.68. The molecule has 1 heterocycles. The summed E-state index contributed by atoms with van der Waals surface area (Å²) in [7, 11) is -3.69. The Kier molecular flexibility index (Phi) is 7.60. The largest absolute Gasteiger partial charge is 0.379 e. The van der Waals surface area contributed by atoms with Crippen molar-refractivity contribution in [2.45, 2.75) is 11.3 Å². The highest BCUT2D eigenvalue weighted by molar-refractivity contribution is 7.91. The molecule has 1 aromatic rings. The first kappa shape index (κ1) is 19.6. The molecule has 0 radical (unpaired) electrons. The molecule has 25 heavy (non-hydrogen) atoms. The van der Waals surface area contributed by atoms with Crippen LogP contribution in [0.3, 0.4) is 0 Å². The van der Waals surface area contributed by atoms with Crippen molar-refractivity contribution in [3.8, 4) is 0 Å². The van der Waals surface area contributed by atoms with Crippen molar-refractivity contribution in [1.82, 2.24) is 10.2 Å². The van der Waals surface area contributed by atoms with Gasteiger partial charge in [-0.25, -0.2) is 12.8 Å². The van der Waals surface area contributed by atoms with Crippen molar-refractivity contribution in [1.29, 1.82) is 0 Å². The van der Waals surface area contributed by atoms with Gasteiger partial charge in [0, 0.05) is 32.7 Å². The van der Waals surface area contributed by atoms with Crippen molar-refractivity contribution in [2.24, 2.45) is 10.7 Å². The Labute approximate surface area is 148 Å². The van der Waals surface area contributed by atoms with Gasteiger partial charge in [0.2, 0.25) is 0 Å². The fourth-order valence-electron chi connectivity index (χ4n) is 2.49. The molecule has 1 saturated heterocycles. The Morgan fingerprint density at radius 3 is 2.76 bits per heavy atom. The van der Waals surface area contributed by atoms with Crippen molar-refractivity contribution in [2.75, 3.05) is 51.7 Å². The van der Waals surface area contributed by atoms with Gasteiger partial charge in [-0.15, -0.1) is 0 Å². The van der Waals surface area contributed by atoms with Crippen molar-refractivity contribution in [3.63, 3.8) is 0 Å². The summed E-state index contributed by atoms with van der Waals surface area (Å²) in [6.07, 6.45) is 0.871. The van der Waals surface area contributed by atoms with E-state index in [0.717, 1.165) is 45.3 Å². The molecule has 0 aromatic heterocycles. The summed E-state index contributed by atoms with van der Waals surface area (Å²) in [5.74, 6) is -0.796. The van der Waals surface area contributed by atoms with E-state index in [-0.39, 0.29) is 23.2 Å². The summed E-state index contributed by atoms with van der Waals surface area (Å²) in [5.41, 5.74) is 5.73. The van der Waals surface area contributed by atoms with Gasteiger partial charge in [0.1, 0.15) is 10.7 Å². The van der Waals surface area contributed by atoms with Crippen LogP contribution in [-0.2, 0) is 14.6 Å². The van der Waals surface area contributed by atoms with E-state index in [9.17, 15) is 12.8 Å². The van der Waals surface area contributed by atoms with Crippen molar-refractivity contribution < 1.29 is 17.5 Å². The molecule has 2 rings (SSSR count). The van der Waals surface area contributed by atoms with E-state index in [1.165, 1.54) is 18.2 Å². The van der Waals surface area contributed by atoms with Gasteiger partial charge in [-0.1, -0.05) is 12.1 Å². The molecule has 3 N–H and O–H groups in total. The molecule has 0 aliphatic carbocycles. The number of nitrogens with two attached hydrogens (primary N) is 1. The lowest BCUT2D eigenvalue weighted by molar-refractivity contribution is 0.0377. The summed E-state index contributed by atoms with van der Waals surface area (Å²) >= 11 is 0. The van der Waals surface area contributed by atoms with Crippen molar-refractivity contribution in [3.05, 3.63) is 30.1 Å². The van der Waals surface area contributed by atoms with E-state index >= 15 is 0 Å². The topological polar surface area (TPSA) is 97.0 Å². The maximum atomic E-state index is 13.6. The number of hydrogen-bond acceptors (Lipinski definition) is 5. The number of guanidine groups is 1. The zero-order valence-electron chi connectivity index (χ0n) is 14.2. The van der Waals surface area contributed by atoms with Gasteiger partial charge in [-0.2, -0.15) is 0 Å². The van der Waals surface area contributed by atoms with Gasteiger partial charge >= 0.3 is 0 Å². The van der Waals surface area contributed by atoms with Crippen LogP contribution in [0, 0.1) is 5.82 Å². The molecule has 0 amide bonds. The predicted octanol–water partition coefficient (Wildman–Crippen LogP) is 0.226. The first-order chi connectivity index (χ1) is 12.0. The lowest BCUT2D eigenvalue weighted by Gasteiger charge is -2.26. The molecule has 1 aliphatic heterocycles. The highest BCUT2D eigenvalue weighted by atomic mass is 32.2. The van der Waals surface area contributed by atoms with Crippen LogP contribution < -0.4 is 11.1 Å². The van der Waals surface area contributed by atoms with Gasteiger partial charge < -0.3 is 15.8 Å². The van der Waals surface area contributed by atoms with Crippen LogP contribution in [0.25, 0.3) is 0 Å².